The standard InChI is InChI=1S/C11H14N2O/c1-11(2,3)9-8(7-12)5-6-13(4)10(9)14/h5-6H,1-4H3. The molecule has 14 heavy (non-hydrogen) atoms. The monoisotopic (exact) mass is 190 g/mol. The molecule has 74 valence electrons. The van der Waals surface area contributed by atoms with Gasteiger partial charge in [0.05, 0.1) is 11.6 Å². The zero-order chi connectivity index (χ0) is 10.9. The summed E-state index contributed by atoms with van der Waals surface area (Å²) in [5, 5.41) is 8.90. The summed E-state index contributed by atoms with van der Waals surface area (Å²) >= 11 is 0. The zero-order valence-electron chi connectivity index (χ0n) is 8.96. The molecule has 1 heterocycles. The van der Waals surface area contributed by atoms with E-state index in [2.05, 4.69) is 6.07 Å². The van der Waals surface area contributed by atoms with Gasteiger partial charge in [0.2, 0.25) is 0 Å². The predicted molar refractivity (Wildman–Crippen MR) is 55.1 cm³/mol. The Morgan fingerprint density at radius 1 is 1.43 bits per heavy atom. The molecule has 0 bridgehead atoms. The smallest absolute Gasteiger partial charge is 0.255 e. The number of hydrogen-bond acceptors (Lipinski definition) is 2. The molecule has 0 atom stereocenters. The van der Waals surface area contributed by atoms with Crippen LogP contribution in [0.25, 0.3) is 0 Å². The lowest BCUT2D eigenvalue weighted by atomic mass is 9.85. The van der Waals surface area contributed by atoms with Crippen molar-refractivity contribution in [1.29, 1.82) is 5.26 Å². The molecule has 1 aromatic rings. The van der Waals surface area contributed by atoms with Gasteiger partial charge >= 0.3 is 0 Å². The first kappa shape index (κ1) is 10.5. The van der Waals surface area contributed by atoms with Crippen molar-refractivity contribution in [1.82, 2.24) is 4.57 Å². The predicted octanol–water partition coefficient (Wildman–Crippen LogP) is 1.55. The average Bonchev–Trinajstić information content (AvgIpc) is 2.07. The minimum atomic E-state index is -0.291. The molecule has 1 aromatic heterocycles. The zero-order valence-corrected chi connectivity index (χ0v) is 8.96. The Labute approximate surface area is 83.6 Å². The second-order valence-corrected chi connectivity index (χ2v) is 4.38. The van der Waals surface area contributed by atoms with Gasteiger partial charge in [-0.3, -0.25) is 4.79 Å². The van der Waals surface area contributed by atoms with Crippen molar-refractivity contribution >= 4 is 0 Å². The molecule has 0 fully saturated rings. The topological polar surface area (TPSA) is 45.8 Å². The highest BCUT2D eigenvalue weighted by Crippen LogP contribution is 2.21. The van der Waals surface area contributed by atoms with Crippen molar-refractivity contribution in [3.63, 3.8) is 0 Å². The maximum atomic E-state index is 11.8. The molecule has 3 heteroatoms. The molecule has 0 saturated carbocycles. The Bertz CT molecular complexity index is 444. The van der Waals surface area contributed by atoms with Crippen molar-refractivity contribution in [2.45, 2.75) is 26.2 Å². The summed E-state index contributed by atoms with van der Waals surface area (Å²) in [6.45, 7) is 5.81. The lowest BCUT2D eigenvalue weighted by Gasteiger charge is -2.19. The Morgan fingerprint density at radius 3 is 2.43 bits per heavy atom. The van der Waals surface area contributed by atoms with Crippen LogP contribution in [-0.4, -0.2) is 4.57 Å². The Balaban J connectivity index is 3.63. The lowest BCUT2D eigenvalue weighted by Crippen LogP contribution is -2.30. The van der Waals surface area contributed by atoms with Crippen LogP contribution < -0.4 is 5.56 Å². The highest BCUT2D eigenvalue weighted by Gasteiger charge is 2.22. The maximum Gasteiger partial charge on any atom is 0.255 e. The quantitative estimate of drug-likeness (QED) is 0.623. The van der Waals surface area contributed by atoms with Crippen molar-refractivity contribution in [3.05, 3.63) is 33.7 Å². The van der Waals surface area contributed by atoms with Crippen molar-refractivity contribution < 1.29 is 0 Å². The molecule has 0 N–H and O–H groups in total. The summed E-state index contributed by atoms with van der Waals surface area (Å²) in [7, 11) is 1.69. The van der Waals surface area contributed by atoms with E-state index in [9.17, 15) is 4.79 Å². The van der Waals surface area contributed by atoms with E-state index in [0.29, 0.717) is 11.1 Å². The van der Waals surface area contributed by atoms with Gasteiger partial charge in [-0.05, 0) is 11.5 Å². The molecule has 3 nitrogen and oxygen atoms in total. The Morgan fingerprint density at radius 2 is 2.00 bits per heavy atom. The number of aromatic nitrogens is 1. The van der Waals surface area contributed by atoms with E-state index in [1.165, 1.54) is 4.57 Å². The number of aryl methyl sites for hydroxylation is 1. The van der Waals surface area contributed by atoms with E-state index in [1.807, 2.05) is 20.8 Å². The molecule has 0 amide bonds. The van der Waals surface area contributed by atoms with Gasteiger partial charge in [-0.1, -0.05) is 20.8 Å². The van der Waals surface area contributed by atoms with Crippen molar-refractivity contribution in [2.75, 3.05) is 0 Å². The van der Waals surface area contributed by atoms with Gasteiger partial charge < -0.3 is 4.57 Å². The normalized spacial score (nSPS) is 11.1. The molecule has 0 spiro atoms. The third-order valence-electron chi connectivity index (χ3n) is 2.14. The van der Waals surface area contributed by atoms with E-state index in [0.717, 1.165) is 0 Å². The highest BCUT2D eigenvalue weighted by atomic mass is 16.1. The third kappa shape index (κ3) is 1.69. The van der Waals surface area contributed by atoms with Gasteiger partial charge in [0.25, 0.3) is 5.56 Å². The molecule has 0 aliphatic carbocycles. The van der Waals surface area contributed by atoms with Gasteiger partial charge in [-0.15, -0.1) is 0 Å². The summed E-state index contributed by atoms with van der Waals surface area (Å²) in [4.78, 5) is 11.8. The summed E-state index contributed by atoms with van der Waals surface area (Å²) in [6.07, 6.45) is 1.62. The van der Waals surface area contributed by atoms with Crippen LogP contribution in [0.1, 0.15) is 31.9 Å². The number of nitrogens with zero attached hydrogens (tertiary/aromatic N) is 2. The van der Waals surface area contributed by atoms with Crippen LogP contribution in [0.3, 0.4) is 0 Å². The van der Waals surface area contributed by atoms with E-state index < -0.39 is 0 Å². The SMILES string of the molecule is Cn1ccc(C#N)c(C(C)(C)C)c1=O. The molecule has 0 saturated heterocycles. The summed E-state index contributed by atoms with van der Waals surface area (Å²) in [5.41, 5.74) is 0.684. The minimum Gasteiger partial charge on any atom is -0.318 e. The molecular formula is C11H14N2O. The van der Waals surface area contributed by atoms with Crippen molar-refractivity contribution in [3.8, 4) is 6.07 Å². The first-order valence-corrected chi connectivity index (χ1v) is 4.48. The fourth-order valence-corrected chi connectivity index (χ4v) is 1.45. The molecule has 0 aliphatic rings. The van der Waals surface area contributed by atoms with Crippen LogP contribution in [0.4, 0.5) is 0 Å². The number of nitriles is 1. The molecule has 0 unspecified atom stereocenters. The molecule has 0 aromatic carbocycles. The van der Waals surface area contributed by atoms with Crippen LogP contribution in [0.2, 0.25) is 0 Å². The van der Waals surface area contributed by atoms with E-state index >= 15 is 0 Å². The number of pyridine rings is 1. The molecule has 1 rings (SSSR count). The number of rotatable bonds is 0. The van der Waals surface area contributed by atoms with E-state index in [1.54, 1.807) is 19.3 Å². The lowest BCUT2D eigenvalue weighted by molar-refractivity contribution is 0.571. The van der Waals surface area contributed by atoms with Crippen molar-refractivity contribution in [2.24, 2.45) is 7.05 Å². The second-order valence-electron chi connectivity index (χ2n) is 4.38. The van der Waals surface area contributed by atoms with E-state index in [-0.39, 0.29) is 11.0 Å². The fourth-order valence-electron chi connectivity index (χ4n) is 1.45. The first-order valence-electron chi connectivity index (χ1n) is 4.48. The van der Waals surface area contributed by atoms with Crippen LogP contribution in [0.15, 0.2) is 17.1 Å². The highest BCUT2D eigenvalue weighted by molar-refractivity contribution is 5.39. The van der Waals surface area contributed by atoms with Crippen LogP contribution in [0.5, 0.6) is 0 Å². The fraction of sp³-hybridized carbons (Fsp3) is 0.455. The number of hydrogen-bond donors (Lipinski definition) is 0. The van der Waals surface area contributed by atoms with Crippen LogP contribution in [0, 0.1) is 11.3 Å². The summed E-state index contributed by atoms with van der Waals surface area (Å²) in [5.74, 6) is 0. The largest absolute Gasteiger partial charge is 0.318 e. The van der Waals surface area contributed by atoms with Gasteiger partial charge in [-0.2, -0.15) is 5.26 Å². The van der Waals surface area contributed by atoms with Gasteiger partial charge in [-0.25, -0.2) is 0 Å². The molecule has 0 radical (unpaired) electrons. The Kier molecular flexibility index (Phi) is 2.48. The summed E-state index contributed by atoms with van der Waals surface area (Å²) < 4.78 is 1.50. The maximum absolute atomic E-state index is 11.8. The van der Waals surface area contributed by atoms with Crippen LogP contribution in [-0.2, 0) is 12.5 Å². The third-order valence-corrected chi connectivity index (χ3v) is 2.14. The van der Waals surface area contributed by atoms with Crippen LogP contribution >= 0.6 is 0 Å². The minimum absolute atomic E-state index is 0.0865. The Hall–Kier alpha value is -1.56. The summed E-state index contributed by atoms with van der Waals surface area (Å²) in [6, 6.07) is 3.74. The average molecular weight is 190 g/mol. The van der Waals surface area contributed by atoms with E-state index in [4.69, 9.17) is 5.26 Å². The second kappa shape index (κ2) is 3.30. The van der Waals surface area contributed by atoms with Gasteiger partial charge in [0, 0.05) is 18.8 Å². The van der Waals surface area contributed by atoms with Gasteiger partial charge in [0.15, 0.2) is 0 Å². The van der Waals surface area contributed by atoms with Gasteiger partial charge in [0.1, 0.15) is 0 Å². The first-order chi connectivity index (χ1) is 6.38. The molecule has 0 aliphatic heterocycles. The molecular weight excluding hydrogens is 176 g/mol.